The average Bonchev–Trinajstić information content (AvgIpc) is 2.73. The summed E-state index contributed by atoms with van der Waals surface area (Å²) in [6, 6.07) is 13.6. The lowest BCUT2D eigenvalue weighted by Crippen LogP contribution is -2.28. The van der Waals surface area contributed by atoms with Gasteiger partial charge in [-0.15, -0.1) is 0 Å². The summed E-state index contributed by atoms with van der Waals surface area (Å²) in [4.78, 5) is 16.9. The summed E-state index contributed by atoms with van der Waals surface area (Å²) in [7, 11) is 0. The van der Waals surface area contributed by atoms with Gasteiger partial charge in [-0.2, -0.15) is 17.0 Å². The van der Waals surface area contributed by atoms with E-state index in [0.717, 1.165) is 35.6 Å². The number of nitrogens with zero attached hydrogens (tertiary/aromatic N) is 2. The number of nitriles is 1. The number of hydrogen-bond donors (Lipinski definition) is 0. The summed E-state index contributed by atoms with van der Waals surface area (Å²) < 4.78 is 11.5. The zero-order valence-electron chi connectivity index (χ0n) is 17.7. The van der Waals surface area contributed by atoms with Gasteiger partial charge in [0.2, 0.25) is 0 Å². The van der Waals surface area contributed by atoms with E-state index in [9.17, 15) is 10.1 Å². The van der Waals surface area contributed by atoms with Gasteiger partial charge in [0.15, 0.2) is 0 Å². The van der Waals surface area contributed by atoms with Crippen molar-refractivity contribution in [1.82, 2.24) is 4.98 Å². The molecule has 1 aromatic heterocycles. The van der Waals surface area contributed by atoms with Crippen LogP contribution in [-0.2, 0) is 9.53 Å². The fraction of sp³-hybridized carbons (Fsp3) is 0.435. The minimum absolute atomic E-state index is 0.103. The molecule has 0 radical (unpaired) electrons. The molecular formula is C23H28N2O3S2. The molecule has 0 aliphatic rings. The van der Waals surface area contributed by atoms with Crippen LogP contribution in [0.5, 0.6) is 5.75 Å². The zero-order chi connectivity index (χ0) is 21.8. The number of para-hydroxylation sites is 1. The molecule has 2 aromatic rings. The normalized spacial score (nSPS) is 11.5. The molecule has 30 heavy (non-hydrogen) atoms. The molecule has 0 N–H and O–H groups in total. The third kappa shape index (κ3) is 8.29. The maximum Gasteiger partial charge on any atom is 0.316 e. The molecule has 1 aromatic carbocycles. The van der Waals surface area contributed by atoms with Crippen LogP contribution in [0.15, 0.2) is 41.4 Å². The lowest BCUT2D eigenvalue weighted by atomic mass is 10.1. The zero-order valence-corrected chi connectivity index (χ0v) is 19.4. The summed E-state index contributed by atoms with van der Waals surface area (Å²) in [6.45, 7) is 6.22. The molecule has 1 atom stereocenters. The van der Waals surface area contributed by atoms with E-state index < -0.39 is 0 Å². The number of unbranched alkanes of at least 4 members (excludes halogenated alkanes) is 1. The molecule has 0 saturated heterocycles. The molecule has 5 nitrogen and oxygen atoms in total. The van der Waals surface area contributed by atoms with Gasteiger partial charge in [0.1, 0.15) is 29.6 Å². The van der Waals surface area contributed by atoms with E-state index in [2.05, 4.69) is 18.0 Å². The van der Waals surface area contributed by atoms with Crippen LogP contribution in [0.1, 0.15) is 36.6 Å². The molecular weight excluding hydrogens is 416 g/mol. The first-order valence-corrected chi connectivity index (χ1v) is 12.1. The van der Waals surface area contributed by atoms with Gasteiger partial charge in [0.25, 0.3) is 0 Å². The third-order valence-electron chi connectivity index (χ3n) is 4.17. The van der Waals surface area contributed by atoms with Crippen molar-refractivity contribution in [3.63, 3.8) is 0 Å². The second kappa shape index (κ2) is 13.2. The topological polar surface area (TPSA) is 72.2 Å². The highest BCUT2D eigenvalue weighted by Gasteiger charge is 2.18. The van der Waals surface area contributed by atoms with E-state index in [1.54, 1.807) is 11.8 Å². The quantitative estimate of drug-likeness (QED) is 0.253. The monoisotopic (exact) mass is 444 g/mol. The van der Waals surface area contributed by atoms with Crippen LogP contribution in [0.2, 0.25) is 0 Å². The molecule has 0 fully saturated rings. The van der Waals surface area contributed by atoms with Crippen LogP contribution in [0.25, 0.3) is 0 Å². The van der Waals surface area contributed by atoms with Crippen LogP contribution in [-0.4, -0.2) is 40.9 Å². The maximum atomic E-state index is 12.5. The van der Waals surface area contributed by atoms with Crippen molar-refractivity contribution in [2.45, 2.75) is 44.7 Å². The average molecular weight is 445 g/mol. The molecule has 7 heteroatoms. The Morgan fingerprint density at radius 2 is 2.03 bits per heavy atom. The van der Waals surface area contributed by atoms with Gasteiger partial charge in [-0.25, -0.2) is 4.98 Å². The minimum atomic E-state index is -0.331. The van der Waals surface area contributed by atoms with Crippen molar-refractivity contribution >= 4 is 29.5 Å². The van der Waals surface area contributed by atoms with Gasteiger partial charge in [-0.3, -0.25) is 4.79 Å². The number of ether oxygens (including phenoxy) is 2. The Morgan fingerprint density at radius 1 is 1.27 bits per heavy atom. The summed E-state index contributed by atoms with van der Waals surface area (Å²) in [6.07, 6.45) is 1.94. The van der Waals surface area contributed by atoms with Crippen molar-refractivity contribution < 1.29 is 14.3 Å². The van der Waals surface area contributed by atoms with Gasteiger partial charge in [-0.05, 0) is 49.8 Å². The largest absolute Gasteiger partial charge is 0.490 e. The van der Waals surface area contributed by atoms with E-state index in [0.29, 0.717) is 22.9 Å². The van der Waals surface area contributed by atoms with Gasteiger partial charge < -0.3 is 9.47 Å². The number of hydrogen-bond acceptors (Lipinski definition) is 7. The number of thioether (sulfide) groups is 2. The van der Waals surface area contributed by atoms with Crippen LogP contribution >= 0.6 is 23.5 Å². The highest BCUT2D eigenvalue weighted by atomic mass is 32.2. The molecule has 0 saturated carbocycles. The van der Waals surface area contributed by atoms with E-state index >= 15 is 0 Å². The van der Waals surface area contributed by atoms with Crippen LogP contribution in [0.3, 0.4) is 0 Å². The van der Waals surface area contributed by atoms with Crippen molar-refractivity contribution in [1.29, 1.82) is 5.26 Å². The number of carbonyl (C=O) groups excluding carboxylic acids is 1. The highest BCUT2D eigenvalue weighted by molar-refractivity contribution is 8.00. The first-order chi connectivity index (χ1) is 14.5. The second-order valence-electron chi connectivity index (χ2n) is 6.83. The second-order valence-corrected chi connectivity index (χ2v) is 8.94. The van der Waals surface area contributed by atoms with E-state index in [-0.39, 0.29) is 17.8 Å². The van der Waals surface area contributed by atoms with Crippen molar-refractivity contribution in [2.24, 2.45) is 0 Å². The fourth-order valence-electron chi connectivity index (χ4n) is 2.67. The van der Waals surface area contributed by atoms with E-state index in [1.165, 1.54) is 11.8 Å². The number of carbonyl (C=O) groups is 1. The van der Waals surface area contributed by atoms with Crippen LogP contribution in [0, 0.1) is 25.2 Å². The molecule has 0 amide bonds. The summed E-state index contributed by atoms with van der Waals surface area (Å²) in [5.41, 5.74) is 2.20. The van der Waals surface area contributed by atoms with Crippen LogP contribution in [0.4, 0.5) is 0 Å². The predicted octanol–water partition coefficient (Wildman–Crippen LogP) is 5.19. The number of rotatable bonds is 12. The number of pyridine rings is 1. The number of aromatic nitrogens is 1. The summed E-state index contributed by atoms with van der Waals surface area (Å²) in [5, 5.41) is 9.95. The van der Waals surface area contributed by atoms with Crippen molar-refractivity contribution in [2.75, 3.05) is 23.9 Å². The molecule has 0 aliphatic carbocycles. The molecule has 1 heterocycles. The van der Waals surface area contributed by atoms with E-state index in [1.807, 2.05) is 50.2 Å². The Morgan fingerprint density at radius 3 is 2.73 bits per heavy atom. The first kappa shape index (κ1) is 24.1. The Hall–Kier alpha value is -2.17. The Labute approximate surface area is 187 Å². The molecule has 1 unspecified atom stereocenters. The fourth-order valence-corrected chi connectivity index (χ4v) is 4.64. The molecule has 0 bridgehead atoms. The van der Waals surface area contributed by atoms with Gasteiger partial charge in [-0.1, -0.05) is 43.3 Å². The number of esters is 1. The van der Waals surface area contributed by atoms with Crippen LogP contribution < -0.4 is 4.74 Å². The van der Waals surface area contributed by atoms with Gasteiger partial charge >= 0.3 is 5.97 Å². The minimum Gasteiger partial charge on any atom is -0.490 e. The summed E-state index contributed by atoms with van der Waals surface area (Å²) in [5.74, 6) is 2.25. The third-order valence-corrected chi connectivity index (χ3v) is 6.31. The lowest BCUT2D eigenvalue weighted by Gasteiger charge is -2.18. The molecule has 2 rings (SSSR count). The Balaban J connectivity index is 1.93. The Bertz CT molecular complexity index is 854. The predicted molar refractivity (Wildman–Crippen MR) is 123 cm³/mol. The number of aryl methyl sites for hydroxylation is 2. The summed E-state index contributed by atoms with van der Waals surface area (Å²) >= 11 is 3.01. The number of benzene rings is 1. The molecule has 0 aliphatic heterocycles. The smallest absolute Gasteiger partial charge is 0.316 e. The first-order valence-electron chi connectivity index (χ1n) is 9.99. The Kier molecular flexibility index (Phi) is 10.6. The molecule has 160 valence electrons. The van der Waals surface area contributed by atoms with Crippen molar-refractivity contribution in [3.05, 3.63) is 53.2 Å². The van der Waals surface area contributed by atoms with Crippen molar-refractivity contribution in [3.8, 4) is 11.8 Å². The highest BCUT2D eigenvalue weighted by Crippen LogP contribution is 2.24. The maximum absolute atomic E-state index is 12.5. The van der Waals surface area contributed by atoms with E-state index in [4.69, 9.17) is 9.47 Å². The van der Waals surface area contributed by atoms with Gasteiger partial charge in [0.05, 0.1) is 11.3 Å². The SMILES string of the molecule is CCCCSCC(COc1ccccc1)OC(=O)CSc1nc(C)cc(C)c1C#N. The lowest BCUT2D eigenvalue weighted by molar-refractivity contribution is -0.145. The van der Waals surface area contributed by atoms with Gasteiger partial charge in [0, 0.05) is 11.4 Å². The standard InChI is InChI=1S/C23H28N2O3S2/c1-4-5-11-29-15-20(14-27-19-9-7-6-8-10-19)28-22(26)16-30-23-21(13-24)17(2)12-18(3)25-23/h6-10,12,20H,4-5,11,14-16H2,1-3H3. The molecule has 0 spiro atoms.